The van der Waals surface area contributed by atoms with Gasteiger partial charge >= 0.3 is 6.09 Å². The summed E-state index contributed by atoms with van der Waals surface area (Å²) in [4.78, 5) is 16.4. The fourth-order valence-electron chi connectivity index (χ4n) is 2.03. The summed E-state index contributed by atoms with van der Waals surface area (Å²) in [7, 11) is 0. The quantitative estimate of drug-likeness (QED) is 0.749. The number of carbonyl (C=O) groups is 1. The number of piperidine rings is 1. The second-order valence-electron chi connectivity index (χ2n) is 4.40. The van der Waals surface area contributed by atoms with Crippen molar-refractivity contribution in [1.29, 1.82) is 0 Å². The molecule has 2 heterocycles. The van der Waals surface area contributed by atoms with Gasteiger partial charge in [-0.3, -0.25) is 0 Å². The highest BCUT2D eigenvalue weighted by Crippen LogP contribution is 2.15. The van der Waals surface area contributed by atoms with E-state index in [4.69, 9.17) is 10.2 Å². The third-order valence-electron chi connectivity index (χ3n) is 3.12. The molecule has 1 aromatic heterocycles. The maximum atomic E-state index is 10.8. The van der Waals surface area contributed by atoms with E-state index in [0.29, 0.717) is 13.1 Å². The molecule has 0 radical (unpaired) electrons. The van der Waals surface area contributed by atoms with Crippen LogP contribution >= 0.6 is 0 Å². The number of likely N-dealkylation sites (tertiary alicyclic amines) is 1. The van der Waals surface area contributed by atoms with Crippen LogP contribution in [-0.2, 0) is 6.61 Å². The molecule has 2 rings (SSSR count). The molecule has 1 amide bonds. The Morgan fingerprint density at radius 2 is 2.17 bits per heavy atom. The molecular weight excluding hydrogens is 234 g/mol. The summed E-state index contributed by atoms with van der Waals surface area (Å²) < 4.78 is 0. The van der Waals surface area contributed by atoms with Gasteiger partial charge in [0.2, 0.25) is 0 Å². The number of aliphatic hydroxyl groups excluding tert-OH is 1. The highest BCUT2D eigenvalue weighted by molar-refractivity contribution is 5.65. The molecule has 6 nitrogen and oxygen atoms in total. The van der Waals surface area contributed by atoms with Crippen LogP contribution in [0.1, 0.15) is 18.4 Å². The van der Waals surface area contributed by atoms with Crippen molar-refractivity contribution in [2.24, 2.45) is 0 Å². The number of aliphatic hydroxyl groups is 1. The molecule has 1 aliphatic heterocycles. The number of nitrogens with zero attached hydrogens (tertiary/aromatic N) is 2. The number of hydrogen-bond donors (Lipinski definition) is 3. The van der Waals surface area contributed by atoms with Crippen molar-refractivity contribution in [3.05, 3.63) is 23.9 Å². The van der Waals surface area contributed by atoms with Gasteiger partial charge in [0, 0.05) is 25.3 Å². The number of pyridine rings is 1. The number of amides is 1. The van der Waals surface area contributed by atoms with Gasteiger partial charge in [0.05, 0.1) is 6.61 Å². The van der Waals surface area contributed by atoms with Crippen LogP contribution in [0.25, 0.3) is 0 Å². The summed E-state index contributed by atoms with van der Waals surface area (Å²) in [6.45, 7) is 1.10. The zero-order chi connectivity index (χ0) is 13.0. The number of aromatic nitrogens is 1. The number of carboxylic acid groups (broad SMARTS) is 1. The van der Waals surface area contributed by atoms with Gasteiger partial charge in [-0.25, -0.2) is 9.78 Å². The van der Waals surface area contributed by atoms with E-state index in [1.165, 1.54) is 4.90 Å². The minimum Gasteiger partial charge on any atom is -0.465 e. The predicted octanol–water partition coefficient (Wildman–Crippen LogP) is 1.13. The van der Waals surface area contributed by atoms with E-state index in [2.05, 4.69) is 10.3 Å². The first-order valence-electron chi connectivity index (χ1n) is 5.99. The van der Waals surface area contributed by atoms with Crippen molar-refractivity contribution in [3.63, 3.8) is 0 Å². The van der Waals surface area contributed by atoms with Gasteiger partial charge < -0.3 is 20.4 Å². The van der Waals surface area contributed by atoms with E-state index in [1.807, 2.05) is 12.1 Å². The second-order valence-corrected chi connectivity index (χ2v) is 4.40. The zero-order valence-electron chi connectivity index (χ0n) is 10.0. The van der Waals surface area contributed by atoms with Crippen molar-refractivity contribution in [3.8, 4) is 0 Å². The molecule has 1 saturated heterocycles. The van der Waals surface area contributed by atoms with E-state index < -0.39 is 6.09 Å². The Balaban J connectivity index is 1.85. The summed E-state index contributed by atoms with van der Waals surface area (Å²) in [5, 5.41) is 21.0. The molecule has 3 N–H and O–H groups in total. The van der Waals surface area contributed by atoms with Crippen molar-refractivity contribution in [1.82, 2.24) is 9.88 Å². The Morgan fingerprint density at radius 1 is 1.44 bits per heavy atom. The smallest absolute Gasteiger partial charge is 0.407 e. The fourth-order valence-corrected chi connectivity index (χ4v) is 2.03. The standard InChI is InChI=1S/C12H17N3O3/c16-8-9-1-2-11(13-7-9)14-10-3-5-15(6-4-10)12(17)18/h1-2,7,10,16H,3-6,8H2,(H,13,14)(H,17,18). The number of hydrogen-bond acceptors (Lipinski definition) is 4. The van der Waals surface area contributed by atoms with E-state index in [9.17, 15) is 4.79 Å². The van der Waals surface area contributed by atoms with Gasteiger partial charge in [0.25, 0.3) is 0 Å². The highest BCUT2D eigenvalue weighted by Gasteiger charge is 2.22. The van der Waals surface area contributed by atoms with Gasteiger partial charge in [-0.1, -0.05) is 6.07 Å². The lowest BCUT2D eigenvalue weighted by molar-refractivity contribution is 0.134. The monoisotopic (exact) mass is 251 g/mol. The van der Waals surface area contributed by atoms with Crippen molar-refractivity contribution >= 4 is 11.9 Å². The number of rotatable bonds is 3. The lowest BCUT2D eigenvalue weighted by Gasteiger charge is -2.30. The van der Waals surface area contributed by atoms with E-state index in [-0.39, 0.29) is 12.6 Å². The highest BCUT2D eigenvalue weighted by atomic mass is 16.4. The number of anilines is 1. The predicted molar refractivity (Wildman–Crippen MR) is 66.4 cm³/mol. The summed E-state index contributed by atoms with van der Waals surface area (Å²) in [6, 6.07) is 3.91. The average molecular weight is 251 g/mol. The Morgan fingerprint density at radius 3 is 2.67 bits per heavy atom. The lowest BCUT2D eigenvalue weighted by atomic mass is 10.1. The molecule has 98 valence electrons. The molecule has 1 aliphatic rings. The zero-order valence-corrected chi connectivity index (χ0v) is 10.0. The Bertz CT molecular complexity index is 400. The maximum Gasteiger partial charge on any atom is 0.407 e. The normalized spacial score (nSPS) is 16.6. The first-order chi connectivity index (χ1) is 8.69. The van der Waals surface area contributed by atoms with Gasteiger partial charge in [-0.05, 0) is 24.5 Å². The Hall–Kier alpha value is -1.82. The van der Waals surface area contributed by atoms with Gasteiger partial charge in [-0.2, -0.15) is 0 Å². The summed E-state index contributed by atoms with van der Waals surface area (Å²) in [6.07, 6.45) is 2.36. The van der Waals surface area contributed by atoms with E-state index in [0.717, 1.165) is 24.2 Å². The summed E-state index contributed by atoms with van der Waals surface area (Å²) in [5.74, 6) is 0.765. The largest absolute Gasteiger partial charge is 0.465 e. The van der Waals surface area contributed by atoms with E-state index in [1.54, 1.807) is 6.20 Å². The molecule has 1 aromatic rings. The first kappa shape index (κ1) is 12.6. The first-order valence-corrected chi connectivity index (χ1v) is 5.99. The van der Waals surface area contributed by atoms with Crippen LogP contribution < -0.4 is 5.32 Å². The van der Waals surface area contributed by atoms with Crippen molar-refractivity contribution < 1.29 is 15.0 Å². The van der Waals surface area contributed by atoms with Crippen LogP contribution in [0.4, 0.5) is 10.6 Å². The third kappa shape index (κ3) is 3.10. The van der Waals surface area contributed by atoms with Crippen molar-refractivity contribution in [2.75, 3.05) is 18.4 Å². The molecule has 1 fully saturated rings. The molecule has 0 bridgehead atoms. The van der Waals surface area contributed by atoms with Gasteiger partial charge in [-0.15, -0.1) is 0 Å². The van der Waals surface area contributed by atoms with Crippen LogP contribution in [0.5, 0.6) is 0 Å². The minimum atomic E-state index is -0.848. The number of nitrogens with one attached hydrogen (secondary N) is 1. The summed E-state index contributed by atoms with van der Waals surface area (Å²) >= 11 is 0. The molecule has 0 aliphatic carbocycles. The second kappa shape index (κ2) is 5.68. The fraction of sp³-hybridized carbons (Fsp3) is 0.500. The minimum absolute atomic E-state index is 0.00964. The Kier molecular flexibility index (Phi) is 3.99. The van der Waals surface area contributed by atoms with Gasteiger partial charge in [0.15, 0.2) is 0 Å². The summed E-state index contributed by atoms with van der Waals surface area (Å²) in [5.41, 5.74) is 0.779. The molecule has 0 aromatic carbocycles. The lowest BCUT2D eigenvalue weighted by Crippen LogP contribution is -2.41. The van der Waals surface area contributed by atoms with Crippen LogP contribution in [-0.4, -0.2) is 45.3 Å². The van der Waals surface area contributed by atoms with E-state index >= 15 is 0 Å². The molecule has 0 atom stereocenters. The van der Waals surface area contributed by atoms with Crippen LogP contribution in [0.15, 0.2) is 18.3 Å². The SMILES string of the molecule is O=C(O)N1CCC(Nc2ccc(CO)cn2)CC1. The molecular formula is C12H17N3O3. The molecule has 0 saturated carbocycles. The molecule has 0 unspecified atom stereocenters. The van der Waals surface area contributed by atoms with Crippen LogP contribution in [0.3, 0.4) is 0 Å². The van der Waals surface area contributed by atoms with Gasteiger partial charge in [0.1, 0.15) is 5.82 Å². The molecule has 0 spiro atoms. The average Bonchev–Trinajstić information content (AvgIpc) is 2.40. The maximum absolute atomic E-state index is 10.8. The topological polar surface area (TPSA) is 85.7 Å². The van der Waals surface area contributed by atoms with Crippen molar-refractivity contribution in [2.45, 2.75) is 25.5 Å². The third-order valence-corrected chi connectivity index (χ3v) is 3.12. The van der Waals surface area contributed by atoms with Crippen LogP contribution in [0, 0.1) is 0 Å². The Labute approximate surface area is 105 Å². The van der Waals surface area contributed by atoms with Crippen LogP contribution in [0.2, 0.25) is 0 Å². The molecule has 18 heavy (non-hydrogen) atoms. The molecule has 6 heteroatoms.